The molecule has 2 aliphatic heterocycles. The molecule has 0 bridgehead atoms. The van der Waals surface area contributed by atoms with Crippen molar-refractivity contribution in [2.75, 3.05) is 52.9 Å². The summed E-state index contributed by atoms with van der Waals surface area (Å²) < 4.78 is 0. The number of benzene rings is 2. The van der Waals surface area contributed by atoms with Crippen molar-refractivity contribution in [3.63, 3.8) is 0 Å². The molecule has 4 heteroatoms. The Morgan fingerprint density at radius 3 is 2.07 bits per heavy atom. The molecule has 2 aromatic rings. The van der Waals surface area contributed by atoms with Crippen molar-refractivity contribution in [3.8, 4) is 0 Å². The summed E-state index contributed by atoms with van der Waals surface area (Å²) in [6.07, 6.45) is 3.21. The molecule has 0 radical (unpaired) electrons. The van der Waals surface area contributed by atoms with Gasteiger partial charge in [0.05, 0.1) is 0 Å². The Bertz CT molecular complexity index is 747. The summed E-state index contributed by atoms with van der Waals surface area (Å²) in [4.78, 5) is 20.3. The van der Waals surface area contributed by atoms with Gasteiger partial charge in [-0.05, 0) is 43.5 Å². The van der Waals surface area contributed by atoms with Gasteiger partial charge in [-0.1, -0.05) is 60.7 Å². The Labute approximate surface area is 181 Å². The summed E-state index contributed by atoms with van der Waals surface area (Å²) >= 11 is 0. The van der Waals surface area contributed by atoms with Gasteiger partial charge < -0.3 is 9.80 Å². The highest BCUT2D eigenvalue weighted by Crippen LogP contribution is 2.29. The van der Waals surface area contributed by atoms with Crippen LogP contribution in [0.2, 0.25) is 0 Å². The Kier molecular flexibility index (Phi) is 7.19. The maximum atomic E-state index is 13.2. The summed E-state index contributed by atoms with van der Waals surface area (Å²) in [7, 11) is 2.23. The molecule has 2 saturated heterocycles. The normalized spacial score (nSPS) is 21.1. The number of amides is 1. The molecule has 2 heterocycles. The summed E-state index contributed by atoms with van der Waals surface area (Å²) in [5, 5.41) is 0. The average molecular weight is 406 g/mol. The van der Waals surface area contributed by atoms with Crippen LogP contribution in [0.3, 0.4) is 0 Å². The van der Waals surface area contributed by atoms with Crippen LogP contribution in [0.5, 0.6) is 0 Å². The van der Waals surface area contributed by atoms with Crippen molar-refractivity contribution in [2.24, 2.45) is 5.92 Å². The monoisotopic (exact) mass is 405 g/mol. The lowest BCUT2D eigenvalue weighted by molar-refractivity contribution is -0.133. The van der Waals surface area contributed by atoms with Crippen LogP contribution < -0.4 is 0 Å². The van der Waals surface area contributed by atoms with E-state index in [1.54, 1.807) is 0 Å². The van der Waals surface area contributed by atoms with Crippen molar-refractivity contribution < 1.29 is 4.79 Å². The molecule has 0 aromatic heterocycles. The second kappa shape index (κ2) is 10.2. The van der Waals surface area contributed by atoms with Crippen molar-refractivity contribution in [1.82, 2.24) is 14.7 Å². The molecule has 2 aliphatic rings. The minimum Gasteiger partial charge on any atom is -0.340 e. The van der Waals surface area contributed by atoms with E-state index in [2.05, 4.69) is 70.3 Å². The number of likely N-dealkylation sites (tertiary alicyclic amines) is 1. The van der Waals surface area contributed by atoms with Crippen molar-refractivity contribution in [2.45, 2.75) is 25.2 Å². The Balaban J connectivity index is 1.34. The van der Waals surface area contributed by atoms with Gasteiger partial charge in [-0.3, -0.25) is 9.69 Å². The first-order valence-corrected chi connectivity index (χ1v) is 11.5. The van der Waals surface area contributed by atoms with Gasteiger partial charge in [0, 0.05) is 51.6 Å². The van der Waals surface area contributed by atoms with E-state index in [9.17, 15) is 4.79 Å². The Morgan fingerprint density at radius 1 is 0.900 bits per heavy atom. The minimum absolute atomic E-state index is 0.121. The highest BCUT2D eigenvalue weighted by molar-refractivity contribution is 5.78. The number of carbonyl (C=O) groups excluding carboxylic acids is 1. The smallest absolute Gasteiger partial charge is 0.223 e. The van der Waals surface area contributed by atoms with Crippen LogP contribution in [0, 0.1) is 5.92 Å². The fourth-order valence-corrected chi connectivity index (χ4v) is 5.07. The second-order valence-electron chi connectivity index (χ2n) is 9.03. The van der Waals surface area contributed by atoms with Crippen LogP contribution in [-0.4, -0.2) is 73.5 Å². The van der Waals surface area contributed by atoms with Gasteiger partial charge in [0.2, 0.25) is 5.91 Å². The lowest BCUT2D eigenvalue weighted by Gasteiger charge is -2.39. The molecular formula is C26H35N3O. The zero-order valence-corrected chi connectivity index (χ0v) is 18.2. The maximum Gasteiger partial charge on any atom is 0.223 e. The van der Waals surface area contributed by atoms with E-state index in [0.29, 0.717) is 6.42 Å². The molecule has 160 valence electrons. The topological polar surface area (TPSA) is 26.8 Å². The van der Waals surface area contributed by atoms with E-state index < -0.39 is 0 Å². The van der Waals surface area contributed by atoms with Crippen LogP contribution in [0.25, 0.3) is 0 Å². The standard InChI is InChI=1S/C26H35N3O/c1-27-14-8-9-22(20-27)21-28-15-17-29(18-16-28)26(30)19-25(23-10-4-2-5-11-23)24-12-6-3-7-13-24/h2-7,10-13,22,25H,8-9,14-21H2,1H3. The van der Waals surface area contributed by atoms with E-state index in [4.69, 9.17) is 0 Å². The molecule has 2 aromatic carbocycles. The largest absolute Gasteiger partial charge is 0.340 e. The van der Waals surface area contributed by atoms with Gasteiger partial charge in [0.25, 0.3) is 0 Å². The lowest BCUT2D eigenvalue weighted by Crippen LogP contribution is -2.51. The van der Waals surface area contributed by atoms with E-state index in [0.717, 1.165) is 32.1 Å². The quantitative estimate of drug-likeness (QED) is 0.733. The van der Waals surface area contributed by atoms with Gasteiger partial charge in [-0.25, -0.2) is 0 Å². The van der Waals surface area contributed by atoms with E-state index in [-0.39, 0.29) is 11.8 Å². The minimum atomic E-state index is 0.121. The molecule has 4 nitrogen and oxygen atoms in total. The molecular weight excluding hydrogens is 370 g/mol. The third kappa shape index (κ3) is 5.50. The average Bonchev–Trinajstić information content (AvgIpc) is 2.79. The third-order valence-corrected chi connectivity index (χ3v) is 6.75. The highest BCUT2D eigenvalue weighted by Gasteiger charge is 2.27. The summed E-state index contributed by atoms with van der Waals surface area (Å²) in [6, 6.07) is 20.9. The van der Waals surface area contributed by atoms with Crippen molar-refractivity contribution >= 4 is 5.91 Å². The SMILES string of the molecule is CN1CCCC(CN2CCN(C(=O)CC(c3ccccc3)c3ccccc3)CC2)C1. The molecule has 2 fully saturated rings. The van der Waals surface area contributed by atoms with E-state index >= 15 is 0 Å². The zero-order chi connectivity index (χ0) is 20.8. The number of hydrogen-bond donors (Lipinski definition) is 0. The van der Waals surface area contributed by atoms with Crippen molar-refractivity contribution in [3.05, 3.63) is 71.8 Å². The van der Waals surface area contributed by atoms with Gasteiger partial charge >= 0.3 is 0 Å². The molecule has 0 aliphatic carbocycles. The molecule has 4 rings (SSSR count). The fraction of sp³-hybridized carbons (Fsp3) is 0.500. The van der Waals surface area contributed by atoms with Gasteiger partial charge in [-0.2, -0.15) is 0 Å². The number of piperazine rings is 1. The molecule has 0 spiro atoms. The molecule has 30 heavy (non-hydrogen) atoms. The third-order valence-electron chi connectivity index (χ3n) is 6.75. The van der Waals surface area contributed by atoms with Crippen LogP contribution in [-0.2, 0) is 4.79 Å². The second-order valence-corrected chi connectivity index (χ2v) is 9.03. The zero-order valence-electron chi connectivity index (χ0n) is 18.2. The van der Waals surface area contributed by atoms with E-state index in [1.807, 2.05) is 12.1 Å². The number of nitrogens with zero attached hydrogens (tertiary/aromatic N) is 3. The van der Waals surface area contributed by atoms with Gasteiger partial charge in [-0.15, -0.1) is 0 Å². The Morgan fingerprint density at radius 2 is 1.50 bits per heavy atom. The summed E-state index contributed by atoms with van der Waals surface area (Å²) in [5.74, 6) is 1.19. The van der Waals surface area contributed by atoms with Crippen LogP contribution in [0.15, 0.2) is 60.7 Å². The fourth-order valence-electron chi connectivity index (χ4n) is 5.07. The molecule has 0 N–H and O–H groups in total. The Hall–Kier alpha value is -2.17. The maximum absolute atomic E-state index is 13.2. The first-order chi connectivity index (χ1) is 14.7. The van der Waals surface area contributed by atoms with Crippen LogP contribution >= 0.6 is 0 Å². The number of hydrogen-bond acceptors (Lipinski definition) is 3. The first-order valence-electron chi connectivity index (χ1n) is 11.5. The highest BCUT2D eigenvalue weighted by atomic mass is 16.2. The van der Waals surface area contributed by atoms with Crippen LogP contribution in [0.1, 0.15) is 36.3 Å². The van der Waals surface area contributed by atoms with Crippen molar-refractivity contribution in [1.29, 1.82) is 0 Å². The predicted molar refractivity (Wildman–Crippen MR) is 123 cm³/mol. The number of carbonyl (C=O) groups is 1. The predicted octanol–water partition coefficient (Wildman–Crippen LogP) is 3.69. The molecule has 1 unspecified atom stereocenters. The molecule has 0 saturated carbocycles. The summed E-state index contributed by atoms with van der Waals surface area (Å²) in [6.45, 7) is 7.37. The molecule has 1 atom stereocenters. The lowest BCUT2D eigenvalue weighted by atomic mass is 9.88. The van der Waals surface area contributed by atoms with Gasteiger partial charge in [0.1, 0.15) is 0 Å². The first kappa shape index (κ1) is 21.1. The number of rotatable bonds is 6. The van der Waals surface area contributed by atoms with E-state index in [1.165, 1.54) is 43.6 Å². The number of piperidine rings is 1. The van der Waals surface area contributed by atoms with Gasteiger partial charge in [0.15, 0.2) is 0 Å². The van der Waals surface area contributed by atoms with Crippen LogP contribution in [0.4, 0.5) is 0 Å². The molecule has 1 amide bonds. The summed E-state index contributed by atoms with van der Waals surface area (Å²) in [5.41, 5.74) is 2.44.